The van der Waals surface area contributed by atoms with Gasteiger partial charge in [-0.25, -0.2) is 4.79 Å². The van der Waals surface area contributed by atoms with Crippen molar-refractivity contribution in [3.05, 3.63) is 162 Å². The first-order valence-corrected chi connectivity index (χ1v) is 21.0. The Hall–Kier alpha value is -5.88. The fourth-order valence-corrected chi connectivity index (χ4v) is 8.65. The van der Waals surface area contributed by atoms with E-state index in [-0.39, 0.29) is 31.9 Å². The molecule has 8 rings (SSSR count). The number of carbonyl (C=O) groups is 3. The highest BCUT2D eigenvalue weighted by Crippen LogP contribution is 2.41. The van der Waals surface area contributed by atoms with Gasteiger partial charge in [0.2, 0.25) is 5.91 Å². The summed E-state index contributed by atoms with van der Waals surface area (Å²) in [4.78, 5) is 48.2. The molecule has 4 heterocycles. The number of benzene rings is 4. The summed E-state index contributed by atoms with van der Waals surface area (Å²) in [6.45, 7) is 6.59. The zero-order chi connectivity index (χ0) is 42.1. The third-order valence-electron chi connectivity index (χ3n) is 11.0. The maximum Gasteiger partial charge on any atom is 0.326 e. The highest BCUT2D eigenvalue weighted by Gasteiger charge is 2.38. The SMILES string of the molecule is Cc1ccc(C(=O)N2Cc3cc4c(cc3C[C@H]2C(=O)NC(Cc2ccc(-c3ccnc(C)c3C)cc2)C(=O)O)OC[C@H](c2ccc(OCc3ccc(Cl)c(Cl)c3)cc2)O4)s1. The second-order valence-electron chi connectivity index (χ2n) is 15.0. The van der Waals surface area contributed by atoms with Crippen LogP contribution >= 0.6 is 34.5 Å². The Balaban J connectivity index is 0.980. The number of thiophene rings is 1. The van der Waals surface area contributed by atoms with Crippen molar-refractivity contribution in [3.63, 3.8) is 0 Å². The normalized spacial score (nSPS) is 16.1. The van der Waals surface area contributed by atoms with Crippen molar-refractivity contribution >= 4 is 52.3 Å². The van der Waals surface area contributed by atoms with Gasteiger partial charge in [-0.1, -0.05) is 65.7 Å². The van der Waals surface area contributed by atoms with Crippen LogP contribution in [0.3, 0.4) is 0 Å². The predicted molar refractivity (Wildman–Crippen MR) is 231 cm³/mol. The highest BCUT2D eigenvalue weighted by atomic mass is 35.5. The van der Waals surface area contributed by atoms with Crippen molar-refractivity contribution < 1.29 is 33.7 Å². The molecule has 0 saturated heterocycles. The number of pyridine rings is 1. The molecule has 60 heavy (non-hydrogen) atoms. The van der Waals surface area contributed by atoms with Crippen molar-refractivity contribution in [1.29, 1.82) is 0 Å². The molecule has 3 atom stereocenters. The minimum atomic E-state index is -1.23. The van der Waals surface area contributed by atoms with Gasteiger partial charge in [-0.05, 0) is 120 Å². The standard InChI is InChI=1S/C47H41Cl2N3O7S/c1-26-4-15-44(60-26)46(54)52-23-34-22-42-41(58-25-43(59-42)32-10-12-35(13-11-32)57-24-30-7-14-37(48)38(49)18-30)21-33(34)20-40(52)45(53)51-39(47(55)56)19-29-5-8-31(9-6-29)36-16-17-50-28(3)27(36)2/h4-18,21-22,39-40,43H,19-20,23-25H2,1-3H3,(H,51,53)(H,55,56)/t39?,40-,43+/m0/s1. The zero-order valence-corrected chi connectivity index (χ0v) is 35.4. The fourth-order valence-electron chi connectivity index (χ4n) is 7.51. The lowest BCUT2D eigenvalue weighted by atomic mass is 9.91. The molecular weight excluding hydrogens is 822 g/mol. The number of carboxylic acids is 1. The number of hydrogen-bond donors (Lipinski definition) is 2. The van der Waals surface area contributed by atoms with Crippen LogP contribution in [0.25, 0.3) is 11.1 Å². The summed E-state index contributed by atoms with van der Waals surface area (Å²) in [6.07, 6.45) is 1.59. The lowest BCUT2D eigenvalue weighted by Gasteiger charge is -2.37. The Kier molecular flexibility index (Phi) is 11.8. The molecule has 4 aromatic carbocycles. The Labute approximate surface area is 361 Å². The third kappa shape index (κ3) is 8.84. The summed E-state index contributed by atoms with van der Waals surface area (Å²) in [7, 11) is 0. The van der Waals surface area contributed by atoms with Crippen LogP contribution in [0.2, 0.25) is 10.0 Å². The van der Waals surface area contributed by atoms with E-state index in [4.69, 9.17) is 37.4 Å². The van der Waals surface area contributed by atoms with Gasteiger partial charge in [0.25, 0.3) is 5.91 Å². The Morgan fingerprint density at radius 3 is 2.37 bits per heavy atom. The number of aromatic nitrogens is 1. The minimum absolute atomic E-state index is 0.0609. The van der Waals surface area contributed by atoms with E-state index < -0.39 is 30.1 Å². The van der Waals surface area contributed by atoms with Crippen molar-refractivity contribution in [3.8, 4) is 28.4 Å². The first-order valence-electron chi connectivity index (χ1n) is 19.4. The Morgan fingerprint density at radius 1 is 0.900 bits per heavy atom. The average molecular weight is 863 g/mol. The summed E-state index contributed by atoms with van der Waals surface area (Å²) < 4.78 is 18.7. The largest absolute Gasteiger partial charge is 0.489 e. The Bertz CT molecular complexity index is 2600. The summed E-state index contributed by atoms with van der Waals surface area (Å²) in [6, 6.07) is 27.7. The Morgan fingerprint density at radius 2 is 1.65 bits per heavy atom. The number of aliphatic carboxylic acids is 1. The van der Waals surface area contributed by atoms with Crippen molar-refractivity contribution in [2.45, 2.75) is 65.0 Å². The number of nitrogens with zero attached hydrogens (tertiary/aromatic N) is 2. The maximum atomic E-state index is 14.2. The number of nitrogens with one attached hydrogen (secondary N) is 1. The van der Waals surface area contributed by atoms with Crippen LogP contribution in [0.15, 0.2) is 103 Å². The molecule has 2 N–H and O–H groups in total. The van der Waals surface area contributed by atoms with E-state index in [0.717, 1.165) is 55.1 Å². The summed E-state index contributed by atoms with van der Waals surface area (Å²) >= 11 is 13.5. The van der Waals surface area contributed by atoms with Crippen molar-refractivity contribution in [2.24, 2.45) is 0 Å². The maximum absolute atomic E-state index is 14.2. The smallest absolute Gasteiger partial charge is 0.326 e. The number of aryl methyl sites for hydroxylation is 2. The fraction of sp³-hybridized carbons (Fsp3) is 0.234. The number of carbonyl (C=O) groups excluding carboxylic acids is 2. The lowest BCUT2D eigenvalue weighted by Crippen LogP contribution is -2.55. The zero-order valence-electron chi connectivity index (χ0n) is 33.0. The van der Waals surface area contributed by atoms with Gasteiger partial charge in [0.15, 0.2) is 17.6 Å². The van der Waals surface area contributed by atoms with Gasteiger partial charge in [0, 0.05) is 36.2 Å². The number of fused-ring (bicyclic) bond motifs is 2. The van der Waals surface area contributed by atoms with Gasteiger partial charge in [-0.2, -0.15) is 0 Å². The molecule has 0 saturated carbocycles. The van der Waals surface area contributed by atoms with Gasteiger partial charge >= 0.3 is 5.97 Å². The second-order valence-corrected chi connectivity index (χ2v) is 17.1. The van der Waals surface area contributed by atoms with Crippen molar-refractivity contribution in [2.75, 3.05) is 6.61 Å². The average Bonchev–Trinajstić information content (AvgIpc) is 3.69. The molecule has 1 unspecified atom stereocenters. The monoisotopic (exact) mass is 861 g/mol. The van der Waals surface area contributed by atoms with Crippen LogP contribution in [0.5, 0.6) is 17.2 Å². The van der Waals surface area contributed by atoms with Crippen LogP contribution in [0.1, 0.15) is 59.7 Å². The molecule has 6 aromatic rings. The van der Waals surface area contributed by atoms with E-state index in [2.05, 4.69) is 10.3 Å². The lowest BCUT2D eigenvalue weighted by molar-refractivity contribution is -0.142. The number of carboxylic acid groups (broad SMARTS) is 1. The molecule has 10 nitrogen and oxygen atoms in total. The number of hydrogen-bond acceptors (Lipinski definition) is 8. The second kappa shape index (κ2) is 17.4. The number of ether oxygens (including phenoxy) is 3. The quantitative estimate of drug-likeness (QED) is 0.132. The van der Waals surface area contributed by atoms with Gasteiger partial charge in [0.05, 0.1) is 14.9 Å². The molecule has 0 aliphatic carbocycles. The number of halogens is 2. The number of rotatable bonds is 11. The van der Waals surface area contributed by atoms with Gasteiger partial charge in [-0.15, -0.1) is 11.3 Å². The molecule has 2 aliphatic heterocycles. The molecular formula is C47H41Cl2N3O7S. The minimum Gasteiger partial charge on any atom is -0.489 e. The molecule has 0 bridgehead atoms. The van der Waals surface area contributed by atoms with E-state index >= 15 is 0 Å². The molecule has 306 valence electrons. The van der Waals surface area contributed by atoms with Crippen LogP contribution in [0.4, 0.5) is 0 Å². The van der Waals surface area contributed by atoms with Gasteiger partial charge < -0.3 is 29.5 Å². The first kappa shape index (κ1) is 40.9. The van der Waals surface area contributed by atoms with Crippen molar-refractivity contribution in [1.82, 2.24) is 15.2 Å². The molecule has 2 aliphatic rings. The summed E-state index contributed by atoms with van der Waals surface area (Å²) in [5.41, 5.74) is 8.20. The molecule has 2 amide bonds. The van der Waals surface area contributed by atoms with E-state index in [1.165, 1.54) is 16.2 Å². The summed E-state index contributed by atoms with van der Waals surface area (Å²) in [5, 5.41) is 14.0. The van der Waals surface area contributed by atoms with E-state index in [1.54, 1.807) is 24.4 Å². The van der Waals surface area contributed by atoms with Crippen LogP contribution in [-0.4, -0.2) is 51.5 Å². The molecule has 2 aromatic heterocycles. The molecule has 0 fully saturated rings. The molecule has 0 spiro atoms. The van der Waals surface area contributed by atoms with E-state index in [1.807, 2.05) is 99.6 Å². The van der Waals surface area contributed by atoms with Gasteiger partial charge in [0.1, 0.15) is 31.0 Å². The van der Waals surface area contributed by atoms with Crippen LogP contribution < -0.4 is 19.5 Å². The van der Waals surface area contributed by atoms with Gasteiger partial charge in [-0.3, -0.25) is 14.6 Å². The van der Waals surface area contributed by atoms with Crippen LogP contribution in [0, 0.1) is 20.8 Å². The predicted octanol–water partition coefficient (Wildman–Crippen LogP) is 9.51. The molecule has 13 heteroatoms. The van der Waals surface area contributed by atoms with Crippen LogP contribution in [-0.2, 0) is 35.6 Å². The molecule has 0 radical (unpaired) electrons. The summed E-state index contributed by atoms with van der Waals surface area (Å²) in [5.74, 6) is -0.293. The van der Waals surface area contributed by atoms with E-state index in [0.29, 0.717) is 38.8 Å². The van der Waals surface area contributed by atoms with E-state index in [9.17, 15) is 19.5 Å². The number of amides is 2. The topological polar surface area (TPSA) is 127 Å². The third-order valence-corrected chi connectivity index (χ3v) is 12.7. The highest BCUT2D eigenvalue weighted by molar-refractivity contribution is 7.13. The first-order chi connectivity index (χ1) is 28.9.